The molecule has 0 saturated carbocycles. The van der Waals surface area contributed by atoms with Crippen LogP contribution in [0.3, 0.4) is 0 Å². The molecule has 0 heterocycles. The third-order valence-corrected chi connectivity index (χ3v) is 3.08. The van der Waals surface area contributed by atoms with E-state index in [1.54, 1.807) is 7.11 Å². The van der Waals surface area contributed by atoms with E-state index in [-0.39, 0.29) is 5.54 Å². The van der Waals surface area contributed by atoms with Crippen molar-refractivity contribution in [2.24, 2.45) is 0 Å². The summed E-state index contributed by atoms with van der Waals surface area (Å²) in [5, 5.41) is 3.48. The molecule has 1 rings (SSSR count). The summed E-state index contributed by atoms with van der Waals surface area (Å²) in [6, 6.07) is 6.12. The van der Waals surface area contributed by atoms with Gasteiger partial charge in [0, 0.05) is 42.3 Å². The second-order valence-corrected chi connectivity index (χ2v) is 6.47. The molecular formula is C15H24BrNO2. The third-order valence-electron chi connectivity index (χ3n) is 2.58. The molecule has 19 heavy (non-hydrogen) atoms. The first-order valence-corrected chi connectivity index (χ1v) is 7.37. The molecule has 0 bridgehead atoms. The lowest BCUT2D eigenvalue weighted by molar-refractivity contribution is 0.171. The molecule has 0 saturated heterocycles. The molecule has 4 heteroatoms. The number of hydrogen-bond acceptors (Lipinski definition) is 3. The van der Waals surface area contributed by atoms with Gasteiger partial charge in [-0.15, -0.1) is 0 Å². The number of rotatable bonds is 7. The van der Waals surface area contributed by atoms with Gasteiger partial charge in [-0.25, -0.2) is 0 Å². The van der Waals surface area contributed by atoms with E-state index in [2.05, 4.69) is 48.1 Å². The van der Waals surface area contributed by atoms with Gasteiger partial charge in [-0.1, -0.05) is 15.9 Å². The van der Waals surface area contributed by atoms with Crippen molar-refractivity contribution in [1.29, 1.82) is 0 Å². The summed E-state index contributed by atoms with van der Waals surface area (Å²) in [7, 11) is 1.71. The van der Waals surface area contributed by atoms with Crippen LogP contribution >= 0.6 is 15.9 Å². The highest BCUT2D eigenvalue weighted by Gasteiger charge is 2.11. The highest BCUT2D eigenvalue weighted by Crippen LogP contribution is 2.24. The number of methoxy groups -OCH3 is 1. The largest absolute Gasteiger partial charge is 0.493 e. The van der Waals surface area contributed by atoms with Gasteiger partial charge in [-0.05, 0) is 39.0 Å². The van der Waals surface area contributed by atoms with E-state index in [1.165, 1.54) is 5.56 Å². The van der Waals surface area contributed by atoms with E-state index in [9.17, 15) is 0 Å². The molecule has 0 fully saturated rings. The summed E-state index contributed by atoms with van der Waals surface area (Å²) < 4.78 is 11.9. The smallest absolute Gasteiger partial charge is 0.123 e. The van der Waals surface area contributed by atoms with Crippen LogP contribution < -0.4 is 10.1 Å². The van der Waals surface area contributed by atoms with Crippen molar-refractivity contribution in [3.63, 3.8) is 0 Å². The van der Waals surface area contributed by atoms with Crippen LogP contribution in [0.25, 0.3) is 0 Å². The zero-order valence-electron chi connectivity index (χ0n) is 12.3. The predicted molar refractivity (Wildman–Crippen MR) is 82.7 cm³/mol. The molecule has 0 radical (unpaired) electrons. The Labute approximate surface area is 124 Å². The highest BCUT2D eigenvalue weighted by molar-refractivity contribution is 9.10. The van der Waals surface area contributed by atoms with E-state index in [0.29, 0.717) is 6.61 Å². The van der Waals surface area contributed by atoms with Crippen LogP contribution in [0.15, 0.2) is 22.7 Å². The lowest BCUT2D eigenvalue weighted by Crippen LogP contribution is -2.35. The van der Waals surface area contributed by atoms with Crippen LogP contribution in [0.2, 0.25) is 0 Å². The van der Waals surface area contributed by atoms with Crippen LogP contribution in [-0.2, 0) is 11.3 Å². The maximum absolute atomic E-state index is 5.82. The minimum atomic E-state index is 0.0929. The maximum Gasteiger partial charge on any atom is 0.123 e. The standard InChI is InChI=1S/C15H24BrNO2/c1-15(2,3)17-11-12-10-13(16)6-7-14(12)19-9-5-8-18-4/h6-7,10,17H,5,8-9,11H2,1-4H3. The van der Waals surface area contributed by atoms with E-state index < -0.39 is 0 Å². The Kier molecular flexibility index (Phi) is 6.83. The van der Waals surface area contributed by atoms with Gasteiger partial charge in [0.2, 0.25) is 0 Å². The SMILES string of the molecule is COCCCOc1ccc(Br)cc1CNC(C)(C)C. The zero-order valence-corrected chi connectivity index (χ0v) is 13.8. The van der Waals surface area contributed by atoms with Crippen LogP contribution in [0.1, 0.15) is 32.8 Å². The first kappa shape index (κ1) is 16.5. The molecule has 1 N–H and O–H groups in total. The van der Waals surface area contributed by atoms with Crippen molar-refractivity contribution >= 4 is 15.9 Å². The Balaban J connectivity index is 2.63. The van der Waals surface area contributed by atoms with E-state index in [0.717, 1.165) is 29.8 Å². The summed E-state index contributed by atoms with van der Waals surface area (Å²) in [6.07, 6.45) is 0.901. The molecule has 0 amide bonds. The average molecular weight is 330 g/mol. The van der Waals surface area contributed by atoms with E-state index in [4.69, 9.17) is 9.47 Å². The molecule has 0 unspecified atom stereocenters. The van der Waals surface area contributed by atoms with Gasteiger partial charge in [0.05, 0.1) is 6.61 Å². The van der Waals surface area contributed by atoms with E-state index >= 15 is 0 Å². The molecule has 0 spiro atoms. The first-order valence-electron chi connectivity index (χ1n) is 6.57. The Morgan fingerprint density at radius 2 is 1.95 bits per heavy atom. The summed E-state index contributed by atoms with van der Waals surface area (Å²) in [5.74, 6) is 0.941. The summed E-state index contributed by atoms with van der Waals surface area (Å²) >= 11 is 3.51. The normalized spacial score (nSPS) is 11.6. The second kappa shape index (κ2) is 7.88. The number of halogens is 1. The lowest BCUT2D eigenvalue weighted by atomic mass is 10.1. The maximum atomic E-state index is 5.82. The van der Waals surface area contributed by atoms with Crippen molar-refractivity contribution in [1.82, 2.24) is 5.32 Å². The van der Waals surface area contributed by atoms with Crippen molar-refractivity contribution < 1.29 is 9.47 Å². The molecule has 0 aromatic heterocycles. The Hall–Kier alpha value is -0.580. The number of benzene rings is 1. The fourth-order valence-corrected chi connectivity index (χ4v) is 1.98. The molecule has 0 aliphatic heterocycles. The average Bonchev–Trinajstić information content (AvgIpc) is 2.33. The number of ether oxygens (including phenoxy) is 2. The summed E-state index contributed by atoms with van der Waals surface area (Å²) in [4.78, 5) is 0. The molecule has 0 aliphatic carbocycles. The molecule has 0 atom stereocenters. The summed E-state index contributed by atoms with van der Waals surface area (Å²) in [6.45, 7) is 8.67. The van der Waals surface area contributed by atoms with Crippen molar-refractivity contribution in [2.75, 3.05) is 20.3 Å². The fraction of sp³-hybridized carbons (Fsp3) is 0.600. The predicted octanol–water partition coefficient (Wildman–Crippen LogP) is 3.75. The monoisotopic (exact) mass is 329 g/mol. The molecule has 108 valence electrons. The van der Waals surface area contributed by atoms with Gasteiger partial charge >= 0.3 is 0 Å². The van der Waals surface area contributed by atoms with Crippen molar-refractivity contribution in [3.8, 4) is 5.75 Å². The first-order chi connectivity index (χ1) is 8.92. The molecule has 1 aromatic carbocycles. The Bertz CT molecular complexity index is 388. The topological polar surface area (TPSA) is 30.5 Å². The quantitative estimate of drug-likeness (QED) is 0.773. The zero-order chi connectivity index (χ0) is 14.3. The third kappa shape index (κ3) is 6.95. The lowest BCUT2D eigenvalue weighted by Gasteiger charge is -2.22. The van der Waals surface area contributed by atoms with Crippen LogP contribution in [0, 0.1) is 0 Å². The minimum Gasteiger partial charge on any atom is -0.493 e. The van der Waals surface area contributed by atoms with Crippen molar-refractivity contribution in [2.45, 2.75) is 39.3 Å². The second-order valence-electron chi connectivity index (χ2n) is 5.55. The van der Waals surface area contributed by atoms with Crippen molar-refractivity contribution in [3.05, 3.63) is 28.2 Å². The van der Waals surface area contributed by atoms with Crippen LogP contribution in [-0.4, -0.2) is 25.9 Å². The van der Waals surface area contributed by atoms with E-state index in [1.807, 2.05) is 12.1 Å². The van der Waals surface area contributed by atoms with Gasteiger partial charge < -0.3 is 14.8 Å². The van der Waals surface area contributed by atoms with Gasteiger partial charge in [0.1, 0.15) is 5.75 Å². The molecule has 3 nitrogen and oxygen atoms in total. The highest BCUT2D eigenvalue weighted by atomic mass is 79.9. The van der Waals surface area contributed by atoms with Crippen LogP contribution in [0.4, 0.5) is 0 Å². The van der Waals surface area contributed by atoms with Crippen LogP contribution in [0.5, 0.6) is 5.75 Å². The molecule has 0 aliphatic rings. The van der Waals surface area contributed by atoms with Gasteiger partial charge in [-0.2, -0.15) is 0 Å². The summed E-state index contributed by atoms with van der Waals surface area (Å²) in [5.41, 5.74) is 1.26. The fourth-order valence-electron chi connectivity index (χ4n) is 1.57. The number of nitrogens with one attached hydrogen (secondary N) is 1. The van der Waals surface area contributed by atoms with Gasteiger partial charge in [-0.3, -0.25) is 0 Å². The molecular weight excluding hydrogens is 306 g/mol. The number of hydrogen-bond donors (Lipinski definition) is 1. The molecule has 1 aromatic rings. The van der Waals surface area contributed by atoms with Gasteiger partial charge in [0.15, 0.2) is 0 Å². The van der Waals surface area contributed by atoms with Gasteiger partial charge in [0.25, 0.3) is 0 Å². The Morgan fingerprint density at radius 3 is 2.58 bits per heavy atom. The Morgan fingerprint density at radius 1 is 1.21 bits per heavy atom. The minimum absolute atomic E-state index is 0.0929.